The van der Waals surface area contributed by atoms with E-state index in [0.717, 1.165) is 6.42 Å². The standard InChI is InChI=1S/C16H16O4/c1-2-10-19-14-8-3-4-9-15(14)20-13-7-5-6-12(11-13)16(17)18/h3-9,11H,2,10H2,1H3,(H,17,18). The number of carboxylic acid groups (broad SMARTS) is 1. The smallest absolute Gasteiger partial charge is 0.335 e. The second-order valence-corrected chi connectivity index (χ2v) is 4.23. The number of rotatable bonds is 6. The van der Waals surface area contributed by atoms with Crippen molar-refractivity contribution >= 4 is 5.97 Å². The highest BCUT2D eigenvalue weighted by atomic mass is 16.5. The Hall–Kier alpha value is -2.49. The van der Waals surface area contributed by atoms with Crippen molar-refractivity contribution in [2.75, 3.05) is 6.61 Å². The van der Waals surface area contributed by atoms with Crippen LogP contribution in [0.4, 0.5) is 0 Å². The second-order valence-electron chi connectivity index (χ2n) is 4.23. The molecule has 2 aromatic carbocycles. The summed E-state index contributed by atoms with van der Waals surface area (Å²) in [6, 6.07) is 13.7. The van der Waals surface area contributed by atoms with Crippen LogP contribution in [0, 0.1) is 0 Å². The highest BCUT2D eigenvalue weighted by Gasteiger charge is 2.08. The van der Waals surface area contributed by atoms with Crippen LogP contribution in [-0.4, -0.2) is 17.7 Å². The Bertz CT molecular complexity index is 593. The average Bonchev–Trinajstić information content (AvgIpc) is 2.46. The van der Waals surface area contributed by atoms with Crippen molar-refractivity contribution in [3.05, 3.63) is 54.1 Å². The lowest BCUT2D eigenvalue weighted by atomic mass is 10.2. The van der Waals surface area contributed by atoms with Crippen LogP contribution in [0.5, 0.6) is 17.2 Å². The summed E-state index contributed by atoms with van der Waals surface area (Å²) in [5.74, 6) is 0.710. The minimum absolute atomic E-state index is 0.189. The molecule has 0 spiro atoms. The largest absolute Gasteiger partial charge is 0.490 e. The van der Waals surface area contributed by atoms with Gasteiger partial charge >= 0.3 is 5.97 Å². The predicted molar refractivity (Wildman–Crippen MR) is 75.7 cm³/mol. The molecule has 2 rings (SSSR count). The molecule has 4 heteroatoms. The normalized spacial score (nSPS) is 10.1. The maximum absolute atomic E-state index is 10.9. The minimum Gasteiger partial charge on any atom is -0.490 e. The van der Waals surface area contributed by atoms with E-state index in [1.54, 1.807) is 18.2 Å². The van der Waals surface area contributed by atoms with Crippen molar-refractivity contribution in [1.29, 1.82) is 0 Å². The maximum Gasteiger partial charge on any atom is 0.335 e. The van der Waals surface area contributed by atoms with Crippen molar-refractivity contribution in [2.45, 2.75) is 13.3 Å². The van der Waals surface area contributed by atoms with Gasteiger partial charge in [0.15, 0.2) is 11.5 Å². The lowest BCUT2D eigenvalue weighted by Gasteiger charge is -2.12. The third-order valence-electron chi connectivity index (χ3n) is 2.62. The van der Waals surface area contributed by atoms with Crippen LogP contribution in [0.15, 0.2) is 48.5 Å². The molecular formula is C16H16O4. The summed E-state index contributed by atoms with van der Waals surface area (Å²) in [6.45, 7) is 2.63. The van der Waals surface area contributed by atoms with Gasteiger partial charge in [0.2, 0.25) is 0 Å². The number of hydrogen-bond donors (Lipinski definition) is 1. The highest BCUT2D eigenvalue weighted by Crippen LogP contribution is 2.31. The van der Waals surface area contributed by atoms with Gasteiger partial charge in [-0.05, 0) is 36.8 Å². The van der Waals surface area contributed by atoms with Crippen LogP contribution in [0.25, 0.3) is 0 Å². The van der Waals surface area contributed by atoms with Gasteiger partial charge in [0.1, 0.15) is 5.75 Å². The van der Waals surface area contributed by atoms with Gasteiger partial charge in [-0.15, -0.1) is 0 Å². The van der Waals surface area contributed by atoms with E-state index in [9.17, 15) is 4.79 Å². The van der Waals surface area contributed by atoms with E-state index in [-0.39, 0.29) is 5.56 Å². The zero-order valence-electron chi connectivity index (χ0n) is 11.2. The number of benzene rings is 2. The average molecular weight is 272 g/mol. The summed E-state index contributed by atoms with van der Waals surface area (Å²) in [4.78, 5) is 10.9. The molecule has 0 fully saturated rings. The summed E-state index contributed by atoms with van der Waals surface area (Å²) in [6.07, 6.45) is 0.906. The molecule has 0 amide bonds. The third kappa shape index (κ3) is 3.51. The van der Waals surface area contributed by atoms with Crippen LogP contribution in [-0.2, 0) is 0 Å². The summed E-state index contributed by atoms with van der Waals surface area (Å²) in [5.41, 5.74) is 0.189. The Morgan fingerprint density at radius 3 is 2.55 bits per heavy atom. The van der Waals surface area contributed by atoms with Crippen molar-refractivity contribution in [3.63, 3.8) is 0 Å². The van der Waals surface area contributed by atoms with Gasteiger partial charge in [-0.3, -0.25) is 0 Å². The van der Waals surface area contributed by atoms with E-state index in [1.807, 2.05) is 25.1 Å². The SMILES string of the molecule is CCCOc1ccccc1Oc1cccc(C(=O)O)c1. The first kappa shape index (κ1) is 13.9. The monoisotopic (exact) mass is 272 g/mol. The van der Waals surface area contributed by atoms with Crippen molar-refractivity contribution in [2.24, 2.45) is 0 Å². The topological polar surface area (TPSA) is 55.8 Å². The van der Waals surface area contributed by atoms with Crippen LogP contribution in [0.2, 0.25) is 0 Å². The zero-order chi connectivity index (χ0) is 14.4. The van der Waals surface area contributed by atoms with Gasteiger partial charge < -0.3 is 14.6 Å². The van der Waals surface area contributed by atoms with Crippen LogP contribution < -0.4 is 9.47 Å². The molecule has 1 N–H and O–H groups in total. The highest BCUT2D eigenvalue weighted by molar-refractivity contribution is 5.88. The lowest BCUT2D eigenvalue weighted by Crippen LogP contribution is -1.98. The fraction of sp³-hybridized carbons (Fsp3) is 0.188. The number of hydrogen-bond acceptors (Lipinski definition) is 3. The number of para-hydroxylation sites is 2. The Labute approximate surface area is 117 Å². The van der Waals surface area contributed by atoms with Crippen molar-refractivity contribution in [3.8, 4) is 17.2 Å². The molecule has 0 aliphatic heterocycles. The number of carboxylic acids is 1. The summed E-state index contributed by atoms with van der Waals surface area (Å²) in [7, 11) is 0. The van der Waals surface area contributed by atoms with Crippen LogP contribution in [0.1, 0.15) is 23.7 Å². The van der Waals surface area contributed by atoms with E-state index >= 15 is 0 Å². The van der Waals surface area contributed by atoms with Gasteiger partial charge in [-0.1, -0.05) is 25.1 Å². The Morgan fingerprint density at radius 2 is 1.85 bits per heavy atom. The van der Waals surface area contributed by atoms with E-state index in [1.165, 1.54) is 12.1 Å². The van der Waals surface area contributed by atoms with E-state index in [0.29, 0.717) is 23.9 Å². The van der Waals surface area contributed by atoms with Crippen molar-refractivity contribution in [1.82, 2.24) is 0 Å². The molecule has 4 nitrogen and oxygen atoms in total. The van der Waals surface area contributed by atoms with E-state index in [4.69, 9.17) is 14.6 Å². The molecule has 0 aromatic heterocycles. The Kier molecular flexibility index (Phi) is 4.60. The Balaban J connectivity index is 2.21. The molecule has 20 heavy (non-hydrogen) atoms. The fourth-order valence-electron chi connectivity index (χ4n) is 1.69. The molecule has 0 saturated heterocycles. The van der Waals surface area contributed by atoms with Gasteiger partial charge in [0, 0.05) is 0 Å². The van der Waals surface area contributed by atoms with Gasteiger partial charge in [0.25, 0.3) is 0 Å². The molecule has 0 saturated carbocycles. The molecule has 0 atom stereocenters. The van der Waals surface area contributed by atoms with Crippen LogP contribution in [0.3, 0.4) is 0 Å². The number of ether oxygens (including phenoxy) is 2. The van der Waals surface area contributed by atoms with Gasteiger partial charge in [-0.2, -0.15) is 0 Å². The lowest BCUT2D eigenvalue weighted by molar-refractivity contribution is 0.0696. The molecule has 0 aliphatic rings. The third-order valence-corrected chi connectivity index (χ3v) is 2.62. The first-order valence-corrected chi connectivity index (χ1v) is 6.43. The quantitative estimate of drug-likeness (QED) is 0.864. The first-order chi connectivity index (χ1) is 9.70. The molecule has 0 radical (unpaired) electrons. The number of aromatic carboxylic acids is 1. The molecule has 2 aromatic rings. The van der Waals surface area contributed by atoms with E-state index < -0.39 is 5.97 Å². The predicted octanol–water partition coefficient (Wildman–Crippen LogP) is 3.97. The summed E-state index contributed by atoms with van der Waals surface area (Å²) >= 11 is 0. The molecule has 104 valence electrons. The first-order valence-electron chi connectivity index (χ1n) is 6.43. The second kappa shape index (κ2) is 6.61. The summed E-state index contributed by atoms with van der Waals surface area (Å²) in [5, 5.41) is 8.97. The summed E-state index contributed by atoms with van der Waals surface area (Å²) < 4.78 is 11.3. The molecule has 0 aliphatic carbocycles. The fourth-order valence-corrected chi connectivity index (χ4v) is 1.69. The molecule has 0 heterocycles. The zero-order valence-corrected chi connectivity index (χ0v) is 11.2. The van der Waals surface area contributed by atoms with Gasteiger partial charge in [0.05, 0.1) is 12.2 Å². The van der Waals surface area contributed by atoms with Crippen LogP contribution >= 0.6 is 0 Å². The number of carbonyl (C=O) groups is 1. The maximum atomic E-state index is 10.9. The van der Waals surface area contributed by atoms with Gasteiger partial charge in [-0.25, -0.2) is 4.79 Å². The molecule has 0 unspecified atom stereocenters. The Morgan fingerprint density at radius 1 is 1.10 bits per heavy atom. The van der Waals surface area contributed by atoms with E-state index in [2.05, 4.69) is 0 Å². The molecule has 0 bridgehead atoms. The minimum atomic E-state index is -0.981. The van der Waals surface area contributed by atoms with Crippen molar-refractivity contribution < 1.29 is 19.4 Å². The molecular weight excluding hydrogens is 256 g/mol.